The van der Waals surface area contributed by atoms with Gasteiger partial charge in [-0.1, -0.05) is 53.2 Å². The number of halogens is 2. The van der Waals surface area contributed by atoms with Crippen LogP contribution >= 0.6 is 35.0 Å². The number of nitrogens with zero attached hydrogens (tertiary/aromatic N) is 5. The van der Waals surface area contributed by atoms with E-state index >= 15 is 0 Å². The smallest absolute Gasteiger partial charge is 0.233 e. The predicted octanol–water partition coefficient (Wildman–Crippen LogP) is 4.11. The third kappa shape index (κ3) is 4.64. The first-order valence-corrected chi connectivity index (χ1v) is 11.3. The van der Waals surface area contributed by atoms with Gasteiger partial charge in [0.25, 0.3) is 0 Å². The van der Waals surface area contributed by atoms with E-state index in [2.05, 4.69) is 22.1 Å². The normalized spacial score (nSPS) is 14.8. The van der Waals surface area contributed by atoms with Crippen LogP contribution in [0, 0.1) is 0 Å². The number of aromatic nitrogens is 3. The van der Waals surface area contributed by atoms with E-state index in [0.717, 1.165) is 37.4 Å². The molecule has 156 valence electrons. The van der Waals surface area contributed by atoms with Crippen LogP contribution in [0.2, 0.25) is 10.0 Å². The molecule has 0 N–H and O–H groups in total. The Morgan fingerprint density at radius 2 is 1.77 bits per heavy atom. The molecule has 3 aromatic rings. The Hall–Kier alpha value is -2.06. The molecule has 0 radical (unpaired) electrons. The number of rotatable bonds is 5. The molecule has 1 fully saturated rings. The number of benzene rings is 2. The van der Waals surface area contributed by atoms with Crippen molar-refractivity contribution in [2.75, 3.05) is 39.0 Å². The maximum atomic E-state index is 12.7. The maximum absolute atomic E-state index is 12.7. The zero-order valence-corrected chi connectivity index (χ0v) is 18.8. The Morgan fingerprint density at radius 3 is 2.47 bits per heavy atom. The van der Waals surface area contributed by atoms with Gasteiger partial charge in [-0.2, -0.15) is 0 Å². The fraction of sp³-hybridized carbons (Fsp3) is 0.286. The number of para-hydroxylation sites is 1. The van der Waals surface area contributed by atoms with Gasteiger partial charge in [-0.05, 0) is 37.4 Å². The second-order valence-electron chi connectivity index (χ2n) is 7.07. The number of carbonyl (C=O) groups excluding carboxylic acids is 1. The zero-order chi connectivity index (χ0) is 21.1. The molecule has 0 unspecified atom stereocenters. The Labute approximate surface area is 189 Å². The second-order valence-corrected chi connectivity index (χ2v) is 8.86. The van der Waals surface area contributed by atoms with Crippen LogP contribution in [0.25, 0.3) is 17.1 Å². The molecule has 6 nitrogen and oxygen atoms in total. The van der Waals surface area contributed by atoms with Gasteiger partial charge in [0.15, 0.2) is 11.0 Å². The number of carbonyl (C=O) groups is 1. The van der Waals surface area contributed by atoms with Crippen LogP contribution in [0.3, 0.4) is 0 Å². The van der Waals surface area contributed by atoms with Crippen molar-refractivity contribution in [1.82, 2.24) is 24.6 Å². The maximum Gasteiger partial charge on any atom is 0.233 e. The number of hydrogen-bond acceptors (Lipinski definition) is 5. The molecule has 4 rings (SSSR count). The van der Waals surface area contributed by atoms with Gasteiger partial charge >= 0.3 is 0 Å². The molecule has 1 aromatic heterocycles. The van der Waals surface area contributed by atoms with Crippen LogP contribution in [0.5, 0.6) is 0 Å². The van der Waals surface area contributed by atoms with Crippen LogP contribution in [-0.4, -0.2) is 69.5 Å². The fourth-order valence-electron chi connectivity index (χ4n) is 3.29. The van der Waals surface area contributed by atoms with Crippen LogP contribution in [0.15, 0.2) is 53.7 Å². The lowest BCUT2D eigenvalue weighted by Crippen LogP contribution is -2.47. The summed E-state index contributed by atoms with van der Waals surface area (Å²) in [5.41, 5.74) is 1.63. The van der Waals surface area contributed by atoms with Crippen molar-refractivity contribution in [1.29, 1.82) is 0 Å². The largest absolute Gasteiger partial charge is 0.339 e. The van der Waals surface area contributed by atoms with Gasteiger partial charge in [0.1, 0.15) is 0 Å². The highest BCUT2D eigenvalue weighted by Crippen LogP contribution is 2.33. The molecule has 0 saturated carbocycles. The summed E-state index contributed by atoms with van der Waals surface area (Å²) in [6.45, 7) is 3.31. The summed E-state index contributed by atoms with van der Waals surface area (Å²) >= 11 is 13.9. The molecule has 0 spiro atoms. The third-order valence-electron chi connectivity index (χ3n) is 5.00. The molecule has 9 heteroatoms. The molecule has 0 aliphatic carbocycles. The minimum absolute atomic E-state index is 0.113. The minimum Gasteiger partial charge on any atom is -0.339 e. The highest BCUT2D eigenvalue weighted by atomic mass is 35.5. The highest BCUT2D eigenvalue weighted by molar-refractivity contribution is 7.99. The second kappa shape index (κ2) is 9.39. The molecule has 1 aliphatic rings. The van der Waals surface area contributed by atoms with Crippen LogP contribution in [-0.2, 0) is 4.79 Å². The van der Waals surface area contributed by atoms with Crippen molar-refractivity contribution in [2.24, 2.45) is 0 Å². The van der Waals surface area contributed by atoms with E-state index < -0.39 is 0 Å². The van der Waals surface area contributed by atoms with E-state index in [-0.39, 0.29) is 5.91 Å². The number of likely N-dealkylation sites (N-methyl/N-ethyl adjacent to an activating group) is 1. The summed E-state index contributed by atoms with van der Waals surface area (Å²) < 4.78 is 1.93. The van der Waals surface area contributed by atoms with Gasteiger partial charge in [-0.15, -0.1) is 10.2 Å². The first-order chi connectivity index (χ1) is 14.5. The number of hydrogen-bond donors (Lipinski definition) is 0. The Bertz CT molecular complexity index is 1040. The molecular formula is C21H21Cl2N5OS. The van der Waals surface area contributed by atoms with Crippen molar-refractivity contribution in [3.05, 3.63) is 58.6 Å². The van der Waals surface area contributed by atoms with Crippen LogP contribution in [0.4, 0.5) is 0 Å². The van der Waals surface area contributed by atoms with E-state index in [1.807, 2.05) is 45.9 Å². The van der Waals surface area contributed by atoms with Crippen LogP contribution in [0.1, 0.15) is 0 Å². The number of amides is 1. The molecule has 2 heterocycles. The van der Waals surface area contributed by atoms with Crippen LogP contribution < -0.4 is 0 Å². The summed E-state index contributed by atoms with van der Waals surface area (Å²) in [5, 5.41) is 10.5. The Kier molecular flexibility index (Phi) is 6.63. The van der Waals surface area contributed by atoms with E-state index in [1.165, 1.54) is 11.8 Å². The monoisotopic (exact) mass is 461 g/mol. The minimum atomic E-state index is 0.113. The van der Waals surface area contributed by atoms with Crippen molar-refractivity contribution >= 4 is 40.9 Å². The average molecular weight is 462 g/mol. The zero-order valence-electron chi connectivity index (χ0n) is 16.5. The first-order valence-electron chi connectivity index (χ1n) is 9.58. The Balaban J connectivity index is 1.62. The van der Waals surface area contributed by atoms with E-state index in [4.69, 9.17) is 23.2 Å². The molecule has 30 heavy (non-hydrogen) atoms. The lowest BCUT2D eigenvalue weighted by Gasteiger charge is -2.32. The van der Waals surface area contributed by atoms with Gasteiger partial charge in [-0.25, -0.2) is 0 Å². The van der Waals surface area contributed by atoms with E-state index in [9.17, 15) is 4.79 Å². The Morgan fingerprint density at radius 1 is 1.03 bits per heavy atom. The highest BCUT2D eigenvalue weighted by Gasteiger charge is 2.22. The van der Waals surface area contributed by atoms with Crippen molar-refractivity contribution < 1.29 is 4.79 Å². The van der Waals surface area contributed by atoms with Gasteiger partial charge < -0.3 is 9.80 Å². The molecule has 0 atom stereocenters. The summed E-state index contributed by atoms with van der Waals surface area (Å²) in [5.74, 6) is 1.03. The average Bonchev–Trinajstić information content (AvgIpc) is 3.17. The fourth-order valence-corrected chi connectivity index (χ4v) is 4.64. The lowest BCUT2D eigenvalue weighted by molar-refractivity contribution is -0.129. The molecular weight excluding hydrogens is 441 g/mol. The predicted molar refractivity (Wildman–Crippen MR) is 122 cm³/mol. The molecule has 2 aromatic carbocycles. The van der Waals surface area contributed by atoms with Gasteiger partial charge in [0.2, 0.25) is 5.91 Å². The number of piperazine rings is 1. The summed E-state index contributed by atoms with van der Waals surface area (Å²) in [6, 6.07) is 15.1. The summed E-state index contributed by atoms with van der Waals surface area (Å²) in [4.78, 5) is 16.8. The molecule has 1 aliphatic heterocycles. The number of thioether (sulfide) groups is 1. The van der Waals surface area contributed by atoms with Gasteiger partial charge in [-0.3, -0.25) is 9.36 Å². The van der Waals surface area contributed by atoms with Gasteiger partial charge in [0, 0.05) is 42.5 Å². The summed E-state index contributed by atoms with van der Waals surface area (Å²) in [6.07, 6.45) is 0. The third-order valence-corrected chi connectivity index (χ3v) is 6.46. The SMILES string of the molecule is CN1CCN(C(=O)CSc2nnc(-c3ccc(Cl)cc3Cl)n2-c2ccccc2)CC1. The van der Waals surface area contributed by atoms with E-state index in [0.29, 0.717) is 26.8 Å². The standard InChI is InChI=1S/C21H21Cl2N5OS/c1-26-9-11-27(12-10-26)19(29)14-30-21-25-24-20(17-8-7-15(22)13-18(17)23)28(21)16-5-3-2-4-6-16/h2-8,13H,9-12,14H2,1H3. The molecule has 0 bridgehead atoms. The van der Waals surface area contributed by atoms with Crippen molar-refractivity contribution in [3.63, 3.8) is 0 Å². The quantitative estimate of drug-likeness (QED) is 0.535. The van der Waals surface area contributed by atoms with Gasteiger partial charge in [0.05, 0.1) is 10.8 Å². The summed E-state index contributed by atoms with van der Waals surface area (Å²) in [7, 11) is 2.07. The van der Waals surface area contributed by atoms with E-state index in [1.54, 1.807) is 12.1 Å². The van der Waals surface area contributed by atoms with Crippen molar-refractivity contribution in [3.8, 4) is 17.1 Å². The van der Waals surface area contributed by atoms with Crippen molar-refractivity contribution in [2.45, 2.75) is 5.16 Å². The lowest BCUT2D eigenvalue weighted by atomic mass is 10.2. The molecule has 1 saturated heterocycles. The first kappa shape index (κ1) is 21.2. The molecule has 1 amide bonds. The topological polar surface area (TPSA) is 54.3 Å².